The molecule has 1 aromatic carbocycles. The molecule has 11 heteroatoms. The SMILES string of the molecule is CC(C)(C)OC(=O)N1CC[C@H](Oc2cccc3ccc(-c4nnc5ccccn45)nc23)C[C@@H]1OC(=O)O. The van der Waals surface area contributed by atoms with Crippen molar-refractivity contribution < 1.29 is 28.9 Å². The van der Waals surface area contributed by atoms with Gasteiger partial charge in [-0.05, 0) is 45.0 Å². The maximum Gasteiger partial charge on any atom is 0.507 e. The predicted octanol–water partition coefficient (Wildman–Crippen LogP) is 4.74. The van der Waals surface area contributed by atoms with Crippen LogP contribution >= 0.6 is 0 Å². The van der Waals surface area contributed by atoms with Crippen LogP contribution in [0.1, 0.15) is 33.6 Å². The molecular formula is C26H27N5O6. The molecule has 5 rings (SSSR count). The summed E-state index contributed by atoms with van der Waals surface area (Å²) in [7, 11) is 0. The van der Waals surface area contributed by atoms with Crippen LogP contribution in [0.25, 0.3) is 28.1 Å². The van der Waals surface area contributed by atoms with E-state index in [9.17, 15) is 14.7 Å². The standard InChI is InChI=1S/C26H27N5O6/c1-26(2,3)37-24(32)31-14-12-17(15-21(31)36-25(33)34)35-19-8-6-7-16-10-11-18(27-22(16)19)23-29-28-20-9-4-5-13-30(20)23/h4-11,13,17,21H,12,14-15H2,1-3H3,(H,33,34)/t17-,21-/m0/s1. The molecule has 4 heterocycles. The van der Waals surface area contributed by atoms with Crippen LogP contribution in [0.15, 0.2) is 54.7 Å². The number of nitrogens with zero attached hydrogens (tertiary/aromatic N) is 5. The lowest BCUT2D eigenvalue weighted by Gasteiger charge is -2.38. The van der Waals surface area contributed by atoms with Gasteiger partial charge in [0.1, 0.15) is 28.7 Å². The molecule has 1 saturated heterocycles. The highest BCUT2D eigenvalue weighted by molar-refractivity contribution is 5.86. The molecule has 11 nitrogen and oxygen atoms in total. The summed E-state index contributed by atoms with van der Waals surface area (Å²) in [6.45, 7) is 5.46. The summed E-state index contributed by atoms with van der Waals surface area (Å²) >= 11 is 0. The Morgan fingerprint density at radius 1 is 1.05 bits per heavy atom. The van der Waals surface area contributed by atoms with Crippen LogP contribution in [-0.4, -0.2) is 66.3 Å². The molecule has 1 fully saturated rings. The monoisotopic (exact) mass is 505 g/mol. The Balaban J connectivity index is 1.40. The zero-order valence-corrected chi connectivity index (χ0v) is 20.7. The van der Waals surface area contributed by atoms with Gasteiger partial charge in [0, 0.05) is 31.0 Å². The van der Waals surface area contributed by atoms with E-state index >= 15 is 0 Å². The number of carbonyl (C=O) groups excluding carboxylic acids is 1. The third kappa shape index (κ3) is 5.25. The second-order valence-electron chi connectivity index (χ2n) is 9.75. The van der Waals surface area contributed by atoms with Gasteiger partial charge < -0.3 is 19.3 Å². The van der Waals surface area contributed by atoms with Crippen molar-refractivity contribution in [1.29, 1.82) is 0 Å². The fourth-order valence-corrected chi connectivity index (χ4v) is 4.30. The van der Waals surface area contributed by atoms with Crippen LogP contribution in [0.4, 0.5) is 9.59 Å². The van der Waals surface area contributed by atoms with E-state index in [0.29, 0.717) is 34.9 Å². The number of likely N-dealkylation sites (tertiary alicyclic amines) is 1. The number of rotatable bonds is 4. The summed E-state index contributed by atoms with van der Waals surface area (Å²) in [4.78, 5) is 30.1. The number of ether oxygens (including phenoxy) is 3. The molecule has 1 amide bonds. The third-order valence-electron chi connectivity index (χ3n) is 5.89. The van der Waals surface area contributed by atoms with Gasteiger partial charge in [-0.1, -0.05) is 24.3 Å². The molecule has 0 spiro atoms. The maximum atomic E-state index is 12.7. The van der Waals surface area contributed by atoms with Gasteiger partial charge in [-0.15, -0.1) is 10.2 Å². The summed E-state index contributed by atoms with van der Waals surface area (Å²) in [5.41, 5.74) is 1.26. The second kappa shape index (κ2) is 9.57. The van der Waals surface area contributed by atoms with E-state index < -0.39 is 30.2 Å². The first kappa shape index (κ1) is 24.3. The lowest BCUT2D eigenvalue weighted by Crippen LogP contribution is -2.52. The summed E-state index contributed by atoms with van der Waals surface area (Å²) < 4.78 is 18.6. The maximum absolute atomic E-state index is 12.7. The largest absolute Gasteiger partial charge is 0.507 e. The first-order valence-corrected chi connectivity index (χ1v) is 11.9. The van der Waals surface area contributed by atoms with Crippen molar-refractivity contribution in [3.63, 3.8) is 0 Å². The van der Waals surface area contributed by atoms with Gasteiger partial charge >= 0.3 is 12.2 Å². The number of fused-ring (bicyclic) bond motifs is 2. The number of hydrogen-bond acceptors (Lipinski definition) is 8. The molecule has 0 bridgehead atoms. The summed E-state index contributed by atoms with van der Waals surface area (Å²) in [5, 5.41) is 18.6. The summed E-state index contributed by atoms with van der Waals surface area (Å²) in [5.74, 6) is 1.14. The number of benzene rings is 1. The third-order valence-corrected chi connectivity index (χ3v) is 5.89. The molecule has 0 unspecified atom stereocenters. The van der Waals surface area contributed by atoms with Crippen LogP contribution in [0.5, 0.6) is 5.75 Å². The van der Waals surface area contributed by atoms with E-state index in [1.54, 1.807) is 20.8 Å². The van der Waals surface area contributed by atoms with Crippen molar-refractivity contribution in [3.8, 4) is 17.3 Å². The molecule has 0 aliphatic carbocycles. The number of hydrogen-bond donors (Lipinski definition) is 1. The molecule has 3 aromatic heterocycles. The number of pyridine rings is 2. The average Bonchev–Trinajstić information content (AvgIpc) is 3.27. The lowest BCUT2D eigenvalue weighted by molar-refractivity contribution is -0.0833. The van der Waals surface area contributed by atoms with Crippen LogP contribution in [0.3, 0.4) is 0 Å². The van der Waals surface area contributed by atoms with Gasteiger partial charge in [0.25, 0.3) is 0 Å². The summed E-state index contributed by atoms with van der Waals surface area (Å²) in [6.07, 6.45) is -1.06. The van der Waals surface area contributed by atoms with E-state index in [4.69, 9.17) is 19.2 Å². The Hall–Kier alpha value is -4.41. The average molecular weight is 506 g/mol. The normalized spacial score (nSPS) is 18.1. The number of para-hydroxylation sites is 1. The molecule has 37 heavy (non-hydrogen) atoms. The van der Waals surface area contributed by atoms with Crippen molar-refractivity contribution in [1.82, 2.24) is 24.5 Å². The Morgan fingerprint density at radius 2 is 1.89 bits per heavy atom. The fourth-order valence-electron chi connectivity index (χ4n) is 4.30. The van der Waals surface area contributed by atoms with Crippen molar-refractivity contribution in [2.24, 2.45) is 0 Å². The fraction of sp³-hybridized carbons (Fsp3) is 0.346. The van der Waals surface area contributed by atoms with E-state index in [2.05, 4.69) is 10.2 Å². The molecule has 0 saturated carbocycles. The topological polar surface area (TPSA) is 128 Å². The molecule has 1 N–H and O–H groups in total. The van der Waals surface area contributed by atoms with E-state index in [0.717, 1.165) is 5.39 Å². The highest BCUT2D eigenvalue weighted by Gasteiger charge is 2.37. The Labute approximate surface area is 212 Å². The molecule has 2 atom stereocenters. The van der Waals surface area contributed by atoms with Crippen molar-refractivity contribution >= 4 is 28.8 Å². The van der Waals surface area contributed by atoms with Gasteiger partial charge in [0.15, 0.2) is 17.7 Å². The van der Waals surface area contributed by atoms with E-state index in [-0.39, 0.29) is 13.0 Å². The minimum Gasteiger partial charge on any atom is -0.488 e. The zero-order chi connectivity index (χ0) is 26.2. The number of carboxylic acid groups (broad SMARTS) is 1. The van der Waals surface area contributed by atoms with Crippen molar-refractivity contribution in [3.05, 3.63) is 54.7 Å². The number of amides is 1. The molecule has 0 radical (unpaired) electrons. The van der Waals surface area contributed by atoms with Crippen LogP contribution in [0, 0.1) is 0 Å². The highest BCUT2D eigenvalue weighted by Crippen LogP contribution is 2.31. The van der Waals surface area contributed by atoms with Crippen LogP contribution in [0.2, 0.25) is 0 Å². The Morgan fingerprint density at radius 3 is 2.68 bits per heavy atom. The van der Waals surface area contributed by atoms with E-state index in [1.165, 1.54) is 4.90 Å². The predicted molar refractivity (Wildman–Crippen MR) is 133 cm³/mol. The zero-order valence-electron chi connectivity index (χ0n) is 20.7. The molecule has 1 aliphatic rings. The molecule has 4 aromatic rings. The smallest absolute Gasteiger partial charge is 0.488 e. The minimum absolute atomic E-state index is 0.149. The summed E-state index contributed by atoms with van der Waals surface area (Å²) in [6, 6.07) is 15.1. The van der Waals surface area contributed by atoms with Gasteiger partial charge in [-0.2, -0.15) is 0 Å². The second-order valence-corrected chi connectivity index (χ2v) is 9.75. The molecular weight excluding hydrogens is 478 g/mol. The first-order valence-electron chi connectivity index (χ1n) is 11.9. The molecule has 192 valence electrons. The number of piperidine rings is 1. The first-order chi connectivity index (χ1) is 17.7. The van der Waals surface area contributed by atoms with Crippen molar-refractivity contribution in [2.45, 2.75) is 51.5 Å². The van der Waals surface area contributed by atoms with Gasteiger partial charge in [-0.25, -0.2) is 14.6 Å². The lowest BCUT2D eigenvalue weighted by atomic mass is 10.1. The van der Waals surface area contributed by atoms with Crippen LogP contribution in [-0.2, 0) is 9.47 Å². The van der Waals surface area contributed by atoms with E-state index in [1.807, 2.05) is 59.1 Å². The van der Waals surface area contributed by atoms with Gasteiger partial charge in [0.2, 0.25) is 0 Å². The number of aromatic nitrogens is 4. The Kier molecular flexibility index (Phi) is 6.28. The quantitative estimate of drug-likeness (QED) is 0.391. The van der Waals surface area contributed by atoms with Crippen molar-refractivity contribution in [2.75, 3.05) is 6.54 Å². The molecule has 1 aliphatic heterocycles. The van der Waals surface area contributed by atoms with Gasteiger partial charge in [0.05, 0.1) is 0 Å². The number of carbonyl (C=O) groups is 2. The Bertz CT molecular complexity index is 1460. The van der Waals surface area contributed by atoms with Gasteiger partial charge in [-0.3, -0.25) is 9.30 Å². The van der Waals surface area contributed by atoms with Crippen LogP contribution < -0.4 is 4.74 Å². The minimum atomic E-state index is -1.48. The highest BCUT2D eigenvalue weighted by atomic mass is 16.7.